The number of rotatable bonds is 2. The molecule has 0 spiro atoms. The van der Waals surface area contributed by atoms with Crippen molar-refractivity contribution in [3.05, 3.63) is 28.4 Å². The van der Waals surface area contributed by atoms with Crippen LogP contribution in [-0.4, -0.2) is 30.6 Å². The smallest absolute Gasteiger partial charge is 0.205 e. The van der Waals surface area contributed by atoms with E-state index in [0.717, 1.165) is 40.4 Å². The summed E-state index contributed by atoms with van der Waals surface area (Å²) < 4.78 is 13.3. The van der Waals surface area contributed by atoms with Crippen molar-refractivity contribution in [1.82, 2.24) is 4.68 Å². The third-order valence-electron chi connectivity index (χ3n) is 4.14. The van der Waals surface area contributed by atoms with E-state index < -0.39 is 0 Å². The van der Waals surface area contributed by atoms with Crippen LogP contribution in [0.2, 0.25) is 0 Å². The van der Waals surface area contributed by atoms with Gasteiger partial charge in [0, 0.05) is 23.7 Å². The van der Waals surface area contributed by atoms with Gasteiger partial charge in [-0.25, -0.2) is 4.68 Å². The molecule has 1 saturated carbocycles. The zero-order chi connectivity index (χ0) is 15.6. The molecule has 1 aliphatic carbocycles. The maximum absolute atomic E-state index is 5.70. The maximum Gasteiger partial charge on any atom is 0.205 e. The van der Waals surface area contributed by atoms with E-state index in [9.17, 15) is 0 Å². The van der Waals surface area contributed by atoms with Gasteiger partial charge in [0.05, 0.1) is 5.69 Å². The fourth-order valence-corrected chi connectivity index (χ4v) is 3.77. The topological polar surface area (TPSA) is 48.1 Å². The zero-order valence-electron chi connectivity index (χ0n) is 13.1. The lowest BCUT2D eigenvalue weighted by molar-refractivity contribution is 0.171. The Balaban J connectivity index is 1.80. The number of hydrogen-bond acceptors (Lipinski definition) is 5. The molecule has 0 bridgehead atoms. The minimum atomic E-state index is 0.595. The van der Waals surface area contributed by atoms with Gasteiger partial charge < -0.3 is 9.47 Å². The van der Waals surface area contributed by atoms with Crippen molar-refractivity contribution >= 4 is 17.0 Å². The van der Waals surface area contributed by atoms with Gasteiger partial charge in [0.1, 0.15) is 13.2 Å². The third-order valence-corrected chi connectivity index (χ3v) is 5.04. The Labute approximate surface area is 138 Å². The van der Waals surface area contributed by atoms with Gasteiger partial charge in [-0.3, -0.25) is 4.99 Å². The minimum absolute atomic E-state index is 0.595. The third kappa shape index (κ3) is 2.79. The Hall–Kier alpha value is -2.08. The molecular weight excluding hydrogens is 310 g/mol. The summed E-state index contributed by atoms with van der Waals surface area (Å²) in [5.41, 5.74) is 3.38. The fraction of sp³-hybridized carbons (Fsp3) is 0.412. The lowest BCUT2D eigenvalue weighted by Crippen LogP contribution is -2.16. The number of benzene rings is 1. The second-order valence-electron chi connectivity index (χ2n) is 5.67. The zero-order valence-corrected chi connectivity index (χ0v) is 13.9. The average Bonchev–Trinajstić information content (AvgIpc) is 3.24. The highest BCUT2D eigenvalue weighted by molar-refractivity contribution is 7.07. The standard InChI is InChI=1S/C17H19N3O2S/c1-18-17-20(19-13-4-2-3-5-13)14(11-23-17)12-6-7-15-16(10-12)22-9-8-21-15/h6-7,10-11H,2-5,8-9H2,1H3. The first kappa shape index (κ1) is 14.5. The number of aromatic nitrogens is 1. The van der Waals surface area contributed by atoms with E-state index in [-0.39, 0.29) is 0 Å². The summed E-state index contributed by atoms with van der Waals surface area (Å²) in [6.07, 6.45) is 4.65. The molecule has 1 aromatic carbocycles. The van der Waals surface area contributed by atoms with Crippen molar-refractivity contribution in [1.29, 1.82) is 0 Å². The summed E-state index contributed by atoms with van der Waals surface area (Å²) in [7, 11) is 1.81. The van der Waals surface area contributed by atoms with Gasteiger partial charge in [0.2, 0.25) is 4.80 Å². The molecular formula is C17H19N3O2S. The number of ether oxygens (including phenoxy) is 2. The van der Waals surface area contributed by atoms with Crippen molar-refractivity contribution in [3.63, 3.8) is 0 Å². The van der Waals surface area contributed by atoms with Crippen LogP contribution in [0.15, 0.2) is 33.7 Å². The van der Waals surface area contributed by atoms with Gasteiger partial charge in [-0.2, -0.15) is 5.10 Å². The van der Waals surface area contributed by atoms with Crippen LogP contribution in [0, 0.1) is 0 Å². The first-order chi connectivity index (χ1) is 11.3. The van der Waals surface area contributed by atoms with E-state index in [2.05, 4.69) is 16.4 Å². The van der Waals surface area contributed by atoms with Crippen LogP contribution in [0.3, 0.4) is 0 Å². The van der Waals surface area contributed by atoms with E-state index in [1.807, 2.05) is 23.9 Å². The summed E-state index contributed by atoms with van der Waals surface area (Å²) in [6, 6.07) is 6.05. The molecule has 4 rings (SSSR count). The van der Waals surface area contributed by atoms with E-state index in [1.54, 1.807) is 11.3 Å². The molecule has 0 unspecified atom stereocenters. The van der Waals surface area contributed by atoms with Crippen molar-refractivity contribution in [2.75, 3.05) is 20.3 Å². The number of nitrogens with zero attached hydrogens (tertiary/aromatic N) is 3. The Morgan fingerprint density at radius 3 is 2.65 bits per heavy atom. The van der Waals surface area contributed by atoms with E-state index in [0.29, 0.717) is 13.2 Å². The summed E-state index contributed by atoms with van der Waals surface area (Å²) in [4.78, 5) is 5.28. The Kier molecular flexibility index (Phi) is 3.91. The molecule has 5 nitrogen and oxygen atoms in total. The first-order valence-corrected chi connectivity index (χ1v) is 8.83. The van der Waals surface area contributed by atoms with Gasteiger partial charge in [-0.1, -0.05) is 0 Å². The molecule has 120 valence electrons. The van der Waals surface area contributed by atoms with Gasteiger partial charge in [0.25, 0.3) is 0 Å². The van der Waals surface area contributed by atoms with Crippen LogP contribution < -0.4 is 14.3 Å². The molecule has 0 N–H and O–H groups in total. The number of hydrogen-bond donors (Lipinski definition) is 0. The Morgan fingerprint density at radius 1 is 1.09 bits per heavy atom. The van der Waals surface area contributed by atoms with E-state index in [4.69, 9.17) is 14.6 Å². The molecule has 2 aliphatic rings. The first-order valence-electron chi connectivity index (χ1n) is 7.95. The van der Waals surface area contributed by atoms with Crippen LogP contribution >= 0.6 is 11.3 Å². The van der Waals surface area contributed by atoms with Crippen molar-refractivity contribution in [2.24, 2.45) is 10.1 Å². The lowest BCUT2D eigenvalue weighted by Gasteiger charge is -2.18. The van der Waals surface area contributed by atoms with E-state index in [1.165, 1.54) is 18.6 Å². The van der Waals surface area contributed by atoms with Gasteiger partial charge in [0.15, 0.2) is 11.5 Å². The molecule has 2 aromatic rings. The van der Waals surface area contributed by atoms with Gasteiger partial charge in [-0.15, -0.1) is 11.3 Å². The highest BCUT2D eigenvalue weighted by atomic mass is 32.1. The molecule has 6 heteroatoms. The van der Waals surface area contributed by atoms with E-state index >= 15 is 0 Å². The van der Waals surface area contributed by atoms with Crippen LogP contribution in [0.5, 0.6) is 11.5 Å². The summed E-state index contributed by atoms with van der Waals surface area (Å²) in [6.45, 7) is 1.20. The average molecular weight is 329 g/mol. The van der Waals surface area contributed by atoms with Crippen LogP contribution in [0.1, 0.15) is 25.7 Å². The number of fused-ring (bicyclic) bond motifs is 1. The SMILES string of the molecule is CN=c1scc(-c2ccc3c(c2)OCCO3)n1N=C1CCCC1. The molecule has 2 heterocycles. The summed E-state index contributed by atoms with van der Waals surface area (Å²) in [5.74, 6) is 1.61. The predicted molar refractivity (Wildman–Crippen MR) is 91.5 cm³/mol. The lowest BCUT2D eigenvalue weighted by atomic mass is 10.1. The molecule has 0 atom stereocenters. The quantitative estimate of drug-likeness (QED) is 0.849. The molecule has 0 amide bonds. The van der Waals surface area contributed by atoms with Crippen LogP contribution in [-0.2, 0) is 0 Å². The number of thiazole rings is 1. The molecule has 0 radical (unpaired) electrons. The second kappa shape index (κ2) is 6.20. The largest absolute Gasteiger partial charge is 0.486 e. The Morgan fingerprint density at radius 2 is 1.87 bits per heavy atom. The van der Waals surface area contributed by atoms with Crippen molar-refractivity contribution < 1.29 is 9.47 Å². The second-order valence-corrected chi connectivity index (χ2v) is 6.51. The van der Waals surface area contributed by atoms with Gasteiger partial charge in [-0.05, 0) is 43.9 Å². The molecule has 0 saturated heterocycles. The van der Waals surface area contributed by atoms with Crippen LogP contribution in [0.4, 0.5) is 0 Å². The van der Waals surface area contributed by atoms with Crippen LogP contribution in [0.25, 0.3) is 11.3 Å². The summed E-state index contributed by atoms with van der Waals surface area (Å²) in [5, 5.41) is 6.96. The predicted octanol–water partition coefficient (Wildman–Crippen LogP) is 3.30. The fourth-order valence-electron chi connectivity index (χ4n) is 2.97. The molecule has 23 heavy (non-hydrogen) atoms. The van der Waals surface area contributed by atoms with Gasteiger partial charge >= 0.3 is 0 Å². The van der Waals surface area contributed by atoms with Crippen molar-refractivity contribution in [3.8, 4) is 22.8 Å². The molecule has 1 aliphatic heterocycles. The molecule has 1 fully saturated rings. The minimum Gasteiger partial charge on any atom is -0.486 e. The highest BCUT2D eigenvalue weighted by Gasteiger charge is 2.16. The summed E-state index contributed by atoms with van der Waals surface area (Å²) >= 11 is 1.61. The maximum atomic E-state index is 5.70. The molecule has 1 aromatic heterocycles. The Bertz CT molecular complexity index is 811. The van der Waals surface area contributed by atoms with Crippen molar-refractivity contribution in [2.45, 2.75) is 25.7 Å². The monoisotopic (exact) mass is 329 g/mol. The highest BCUT2D eigenvalue weighted by Crippen LogP contribution is 2.34. The normalized spacial score (nSPS) is 17.6.